The smallest absolute Gasteiger partial charge is 0.337 e. The quantitative estimate of drug-likeness (QED) is 0.830. The monoisotopic (exact) mass is 266 g/mol. The molecule has 1 rings (SSSR count). The molecule has 1 aromatic rings. The lowest BCUT2D eigenvalue weighted by Gasteiger charge is -2.10. The number of rotatable bonds is 3. The highest BCUT2D eigenvalue weighted by atomic mass is 32.2. The Morgan fingerprint density at radius 1 is 1.35 bits per heavy atom. The average Bonchev–Trinajstić information content (AvgIpc) is 2.18. The van der Waals surface area contributed by atoms with E-state index in [0.717, 1.165) is 0 Å². The summed E-state index contributed by atoms with van der Waals surface area (Å²) in [6, 6.07) is 0.853. The van der Waals surface area contributed by atoms with Crippen molar-refractivity contribution in [3.63, 3.8) is 0 Å². The van der Waals surface area contributed by atoms with Crippen molar-refractivity contribution in [2.24, 2.45) is 0 Å². The third kappa shape index (κ3) is 2.77. The number of benzene rings is 1. The summed E-state index contributed by atoms with van der Waals surface area (Å²) in [6.45, 7) is 0. The summed E-state index contributed by atoms with van der Waals surface area (Å²) in [5.74, 6) is -4.43. The number of sulfone groups is 1. The molecule has 2 N–H and O–H groups in total. The summed E-state index contributed by atoms with van der Waals surface area (Å²) in [6.07, 6.45) is -1.69. The first kappa shape index (κ1) is 13.5. The first-order chi connectivity index (χ1) is 7.64. The van der Waals surface area contributed by atoms with Crippen LogP contribution in [0.2, 0.25) is 0 Å². The lowest BCUT2D eigenvalue weighted by molar-refractivity contribution is -0.147. The van der Waals surface area contributed by atoms with Gasteiger partial charge >= 0.3 is 5.97 Å². The van der Waals surface area contributed by atoms with Crippen molar-refractivity contribution in [1.82, 2.24) is 0 Å². The zero-order valence-electron chi connectivity index (χ0n) is 8.52. The number of aliphatic hydroxyl groups is 1. The van der Waals surface area contributed by atoms with Crippen LogP contribution >= 0.6 is 0 Å². The van der Waals surface area contributed by atoms with E-state index < -0.39 is 44.0 Å². The van der Waals surface area contributed by atoms with Crippen molar-refractivity contribution in [2.75, 3.05) is 6.26 Å². The lowest BCUT2D eigenvalue weighted by atomic mass is 10.1. The lowest BCUT2D eigenvalue weighted by Crippen LogP contribution is -2.15. The number of hydrogen-bond donors (Lipinski definition) is 2. The van der Waals surface area contributed by atoms with E-state index in [1.165, 1.54) is 0 Å². The van der Waals surface area contributed by atoms with E-state index in [1.54, 1.807) is 0 Å². The van der Waals surface area contributed by atoms with Gasteiger partial charge in [0.25, 0.3) is 0 Å². The second-order valence-corrected chi connectivity index (χ2v) is 5.30. The molecule has 0 heterocycles. The highest BCUT2D eigenvalue weighted by Gasteiger charge is 2.26. The minimum atomic E-state index is -4.06. The molecule has 1 atom stereocenters. The largest absolute Gasteiger partial charge is 0.479 e. The molecular formula is C9H8F2O5S. The number of aliphatic carboxylic acids is 1. The van der Waals surface area contributed by atoms with Crippen LogP contribution in [-0.2, 0) is 14.6 Å². The molecule has 1 aromatic carbocycles. The molecule has 0 spiro atoms. The topological polar surface area (TPSA) is 91.7 Å². The van der Waals surface area contributed by atoms with E-state index in [0.29, 0.717) is 18.4 Å². The van der Waals surface area contributed by atoms with Gasteiger partial charge in [-0.2, -0.15) is 0 Å². The molecule has 0 aromatic heterocycles. The van der Waals surface area contributed by atoms with Crippen molar-refractivity contribution in [1.29, 1.82) is 0 Å². The Balaban J connectivity index is 3.55. The number of hydrogen-bond acceptors (Lipinski definition) is 4. The zero-order chi connectivity index (χ0) is 13.4. The fourth-order valence-corrected chi connectivity index (χ4v) is 1.96. The Morgan fingerprint density at radius 3 is 2.29 bits per heavy atom. The molecular weight excluding hydrogens is 258 g/mol. The summed E-state index contributed by atoms with van der Waals surface area (Å²) in [4.78, 5) is 9.44. The molecule has 94 valence electrons. The van der Waals surface area contributed by atoms with Crippen LogP contribution in [0, 0.1) is 11.6 Å². The van der Waals surface area contributed by atoms with Crippen LogP contribution in [0.3, 0.4) is 0 Å². The molecule has 0 amide bonds. The molecule has 8 heteroatoms. The Kier molecular flexibility index (Phi) is 3.48. The molecule has 0 bridgehead atoms. The van der Waals surface area contributed by atoms with Crippen LogP contribution in [0.4, 0.5) is 8.78 Å². The fourth-order valence-electron chi connectivity index (χ4n) is 1.19. The minimum Gasteiger partial charge on any atom is -0.479 e. The van der Waals surface area contributed by atoms with Crippen molar-refractivity contribution >= 4 is 15.8 Å². The Labute approximate surface area is 95.2 Å². The summed E-state index contributed by atoms with van der Waals surface area (Å²) < 4.78 is 48.8. The summed E-state index contributed by atoms with van der Waals surface area (Å²) in [5.41, 5.74) is -0.932. The molecule has 0 aliphatic carbocycles. The molecule has 0 fully saturated rings. The van der Waals surface area contributed by atoms with Crippen LogP contribution in [-0.4, -0.2) is 30.9 Å². The highest BCUT2D eigenvalue weighted by molar-refractivity contribution is 7.90. The Morgan fingerprint density at radius 2 is 1.88 bits per heavy atom. The van der Waals surface area contributed by atoms with Gasteiger partial charge in [0.2, 0.25) is 0 Å². The first-order valence-electron chi connectivity index (χ1n) is 4.24. The van der Waals surface area contributed by atoms with Gasteiger partial charge in [-0.3, -0.25) is 0 Å². The second kappa shape index (κ2) is 4.38. The van der Waals surface area contributed by atoms with E-state index in [-0.39, 0.29) is 0 Å². The van der Waals surface area contributed by atoms with Crippen LogP contribution in [0.25, 0.3) is 0 Å². The Hall–Kier alpha value is -1.54. The van der Waals surface area contributed by atoms with E-state index >= 15 is 0 Å². The van der Waals surface area contributed by atoms with Crippen molar-refractivity contribution in [3.05, 3.63) is 29.3 Å². The Bertz CT molecular complexity index is 567. The van der Waals surface area contributed by atoms with Crippen LogP contribution in [0.15, 0.2) is 17.0 Å². The molecule has 0 aliphatic rings. The van der Waals surface area contributed by atoms with E-state index in [1.807, 2.05) is 0 Å². The minimum absolute atomic E-state index is 0.419. The van der Waals surface area contributed by atoms with E-state index in [2.05, 4.69) is 0 Å². The maximum absolute atomic E-state index is 13.6. The molecule has 1 unspecified atom stereocenters. The van der Waals surface area contributed by atoms with Crippen molar-refractivity contribution in [3.8, 4) is 0 Å². The van der Waals surface area contributed by atoms with Gasteiger partial charge in [-0.1, -0.05) is 0 Å². The van der Waals surface area contributed by atoms with Gasteiger partial charge in [-0.25, -0.2) is 22.0 Å². The summed E-state index contributed by atoms with van der Waals surface area (Å²) in [5, 5.41) is 17.5. The van der Waals surface area contributed by atoms with Gasteiger partial charge in [0, 0.05) is 11.8 Å². The fraction of sp³-hybridized carbons (Fsp3) is 0.222. The average molecular weight is 266 g/mol. The maximum Gasteiger partial charge on any atom is 0.337 e. The number of halogens is 2. The first-order valence-corrected chi connectivity index (χ1v) is 6.13. The zero-order valence-corrected chi connectivity index (χ0v) is 9.33. The van der Waals surface area contributed by atoms with Gasteiger partial charge in [0.15, 0.2) is 15.9 Å². The standard InChI is InChI=1S/C9H8F2O5S/c1-17(15,16)6-3-4(10)2-5(7(6)11)8(12)9(13)14/h2-3,8,12H,1H3,(H,13,14). The number of aliphatic hydroxyl groups excluding tert-OH is 1. The number of carboxylic acid groups (broad SMARTS) is 1. The van der Waals surface area contributed by atoms with Gasteiger partial charge in [0.1, 0.15) is 16.5 Å². The predicted octanol–water partition coefficient (Wildman–Crippen LogP) is 0.486. The summed E-state index contributed by atoms with van der Waals surface area (Å²) >= 11 is 0. The van der Waals surface area contributed by atoms with Gasteiger partial charge in [0.05, 0.1) is 0 Å². The van der Waals surface area contributed by atoms with Gasteiger partial charge in [-0.15, -0.1) is 0 Å². The van der Waals surface area contributed by atoms with Crippen molar-refractivity contribution < 1.29 is 32.2 Å². The second-order valence-electron chi connectivity index (χ2n) is 3.32. The molecule has 17 heavy (non-hydrogen) atoms. The molecule has 0 saturated carbocycles. The molecule has 0 radical (unpaired) electrons. The van der Waals surface area contributed by atoms with Gasteiger partial charge in [-0.05, 0) is 12.1 Å². The van der Waals surface area contributed by atoms with Crippen LogP contribution < -0.4 is 0 Å². The van der Waals surface area contributed by atoms with E-state index in [4.69, 9.17) is 10.2 Å². The molecule has 0 aliphatic heterocycles. The molecule has 5 nitrogen and oxygen atoms in total. The predicted molar refractivity (Wildman–Crippen MR) is 52.1 cm³/mol. The third-order valence-electron chi connectivity index (χ3n) is 1.96. The van der Waals surface area contributed by atoms with Crippen LogP contribution in [0.1, 0.15) is 11.7 Å². The summed E-state index contributed by atoms with van der Waals surface area (Å²) in [7, 11) is -4.06. The normalized spacial score (nSPS) is 13.4. The third-order valence-corrected chi connectivity index (χ3v) is 3.06. The van der Waals surface area contributed by atoms with Crippen molar-refractivity contribution in [2.45, 2.75) is 11.0 Å². The number of carbonyl (C=O) groups is 1. The SMILES string of the molecule is CS(=O)(=O)c1cc(F)cc(C(O)C(=O)O)c1F. The number of carboxylic acids is 1. The highest BCUT2D eigenvalue weighted by Crippen LogP contribution is 2.25. The maximum atomic E-state index is 13.6. The van der Waals surface area contributed by atoms with E-state index in [9.17, 15) is 22.0 Å². The van der Waals surface area contributed by atoms with Crippen LogP contribution in [0.5, 0.6) is 0 Å². The molecule has 0 saturated heterocycles. The van der Waals surface area contributed by atoms with Gasteiger partial charge < -0.3 is 10.2 Å².